The van der Waals surface area contributed by atoms with Crippen molar-refractivity contribution < 1.29 is 39.6 Å². The summed E-state index contributed by atoms with van der Waals surface area (Å²) in [5.41, 5.74) is 4.47. The van der Waals surface area contributed by atoms with Crippen molar-refractivity contribution in [2.75, 3.05) is 11.1 Å². The van der Waals surface area contributed by atoms with Gasteiger partial charge in [0.05, 0.1) is 5.69 Å². The minimum absolute atomic E-state index is 0.121. The predicted molar refractivity (Wildman–Crippen MR) is 95.7 cm³/mol. The normalized spacial score (nSPS) is 13.2. The first kappa shape index (κ1) is 23.5. The van der Waals surface area contributed by atoms with E-state index in [1.54, 1.807) is 0 Å². The summed E-state index contributed by atoms with van der Waals surface area (Å²) in [7, 11) is -4.78. The second-order valence-electron chi connectivity index (χ2n) is 6.30. The maximum Gasteiger partial charge on any atom is 0.404 e. The number of halogens is 6. The third-order valence-electron chi connectivity index (χ3n) is 3.96. The Kier molecular flexibility index (Phi) is 6.37. The van der Waals surface area contributed by atoms with Crippen molar-refractivity contribution in [2.24, 2.45) is 0 Å². The lowest BCUT2D eigenvalue weighted by Crippen LogP contribution is -2.43. The standard InChI is InChI=1S/C17H15F6N3O3S/c1-7-3-13(24)14(30(28,29)26-8(2)17(21,22)23)6-10(7)16(27)25-9-4-11(18)15(20)12(19)5-9/h3-6,8,26H,24H2,1-2H3,(H,25,27)/t8-/m0/s1. The summed E-state index contributed by atoms with van der Waals surface area (Å²) in [4.78, 5) is 11.6. The molecule has 13 heteroatoms. The maximum absolute atomic E-state index is 13.3. The van der Waals surface area contributed by atoms with Gasteiger partial charge in [-0.2, -0.15) is 17.9 Å². The monoisotopic (exact) mass is 455 g/mol. The third-order valence-corrected chi connectivity index (χ3v) is 5.55. The molecule has 4 N–H and O–H groups in total. The zero-order valence-corrected chi connectivity index (χ0v) is 16.2. The second-order valence-corrected chi connectivity index (χ2v) is 7.98. The summed E-state index contributed by atoms with van der Waals surface area (Å²) in [6.07, 6.45) is -4.87. The fraction of sp³-hybridized carbons (Fsp3) is 0.235. The summed E-state index contributed by atoms with van der Waals surface area (Å²) in [6.45, 7) is 1.92. The number of nitrogens with one attached hydrogen (secondary N) is 2. The Labute approximate surface area is 167 Å². The van der Waals surface area contributed by atoms with E-state index in [-0.39, 0.29) is 11.1 Å². The lowest BCUT2D eigenvalue weighted by Gasteiger charge is -2.19. The van der Waals surface area contributed by atoms with Crippen molar-refractivity contribution in [1.82, 2.24) is 4.72 Å². The molecule has 2 aromatic carbocycles. The highest BCUT2D eigenvalue weighted by atomic mass is 32.2. The maximum atomic E-state index is 13.3. The van der Waals surface area contributed by atoms with Gasteiger partial charge < -0.3 is 11.1 Å². The number of carbonyl (C=O) groups is 1. The molecule has 30 heavy (non-hydrogen) atoms. The molecule has 0 heterocycles. The Morgan fingerprint density at radius 1 is 1.07 bits per heavy atom. The van der Waals surface area contributed by atoms with E-state index in [0.29, 0.717) is 19.1 Å². The van der Waals surface area contributed by atoms with Crippen LogP contribution >= 0.6 is 0 Å². The highest BCUT2D eigenvalue weighted by molar-refractivity contribution is 7.89. The molecule has 164 valence electrons. The molecule has 0 spiro atoms. The number of nitrogens with two attached hydrogens (primary N) is 1. The van der Waals surface area contributed by atoms with Gasteiger partial charge in [0.25, 0.3) is 5.91 Å². The average molecular weight is 455 g/mol. The molecule has 0 saturated carbocycles. The molecule has 0 radical (unpaired) electrons. The minimum Gasteiger partial charge on any atom is -0.398 e. The molecule has 2 aromatic rings. The fourth-order valence-corrected chi connectivity index (χ4v) is 3.75. The van der Waals surface area contributed by atoms with E-state index in [1.807, 2.05) is 5.32 Å². The average Bonchev–Trinajstić information content (AvgIpc) is 2.57. The minimum atomic E-state index is -4.87. The van der Waals surface area contributed by atoms with E-state index in [4.69, 9.17) is 5.73 Å². The van der Waals surface area contributed by atoms with Crippen LogP contribution in [0.25, 0.3) is 0 Å². The summed E-state index contributed by atoms with van der Waals surface area (Å²) in [5, 5.41) is 2.05. The van der Waals surface area contributed by atoms with Crippen LogP contribution in [-0.4, -0.2) is 26.5 Å². The number of carbonyl (C=O) groups excluding carboxylic acids is 1. The molecule has 0 saturated heterocycles. The zero-order valence-electron chi connectivity index (χ0n) is 15.4. The largest absolute Gasteiger partial charge is 0.404 e. The van der Waals surface area contributed by atoms with Gasteiger partial charge in [0.2, 0.25) is 10.0 Å². The molecule has 0 aromatic heterocycles. The van der Waals surface area contributed by atoms with Gasteiger partial charge in [0, 0.05) is 23.4 Å². The molecule has 6 nitrogen and oxygen atoms in total. The Hall–Kier alpha value is -2.80. The molecule has 1 atom stereocenters. The molecule has 0 unspecified atom stereocenters. The number of benzene rings is 2. The SMILES string of the molecule is Cc1cc(N)c(S(=O)(=O)N[C@@H](C)C(F)(F)F)cc1C(=O)Nc1cc(F)c(F)c(F)c1. The first-order valence-corrected chi connectivity index (χ1v) is 9.57. The molecule has 1 amide bonds. The Bertz CT molecular complexity index is 1080. The molecule has 0 aliphatic carbocycles. The smallest absolute Gasteiger partial charge is 0.398 e. The molecular formula is C17H15F6N3O3S. The quantitative estimate of drug-likeness (QED) is 0.365. The first-order chi connectivity index (χ1) is 13.6. The van der Waals surface area contributed by atoms with Crippen LogP contribution in [0, 0.1) is 24.4 Å². The highest BCUT2D eigenvalue weighted by Gasteiger charge is 2.39. The molecule has 0 aliphatic heterocycles. The summed E-state index contributed by atoms with van der Waals surface area (Å²) in [6, 6.07) is 0.306. The molecule has 0 fully saturated rings. The van der Waals surface area contributed by atoms with Gasteiger partial charge in [-0.15, -0.1) is 0 Å². The van der Waals surface area contributed by atoms with Gasteiger partial charge in [-0.3, -0.25) is 4.79 Å². The number of rotatable bonds is 5. The third kappa shape index (κ3) is 5.02. The number of alkyl halides is 3. The number of amides is 1. The number of nitrogen functional groups attached to an aromatic ring is 1. The number of sulfonamides is 1. The Morgan fingerprint density at radius 2 is 1.60 bits per heavy atom. The van der Waals surface area contributed by atoms with Crippen molar-refractivity contribution in [3.05, 3.63) is 52.8 Å². The van der Waals surface area contributed by atoms with E-state index in [2.05, 4.69) is 0 Å². The number of hydrogen-bond acceptors (Lipinski definition) is 4. The second kappa shape index (κ2) is 8.14. The van der Waals surface area contributed by atoms with Gasteiger partial charge in [0.15, 0.2) is 17.5 Å². The van der Waals surface area contributed by atoms with Crippen LogP contribution in [0.5, 0.6) is 0 Å². The topological polar surface area (TPSA) is 101 Å². The summed E-state index contributed by atoms with van der Waals surface area (Å²) >= 11 is 0. The van der Waals surface area contributed by atoms with Gasteiger partial charge in [0.1, 0.15) is 10.9 Å². The fourth-order valence-electron chi connectivity index (χ4n) is 2.38. The lowest BCUT2D eigenvalue weighted by atomic mass is 10.1. The lowest BCUT2D eigenvalue weighted by molar-refractivity contribution is -0.147. The number of anilines is 2. The molecule has 2 rings (SSSR count). The first-order valence-electron chi connectivity index (χ1n) is 8.08. The van der Waals surface area contributed by atoms with Crippen LogP contribution in [0.3, 0.4) is 0 Å². The van der Waals surface area contributed by atoms with Crippen LogP contribution in [0.4, 0.5) is 37.7 Å². The summed E-state index contributed by atoms with van der Waals surface area (Å²) in [5.74, 6) is -5.96. The van der Waals surface area contributed by atoms with Crippen LogP contribution in [0.1, 0.15) is 22.8 Å². The van der Waals surface area contributed by atoms with Gasteiger partial charge in [-0.05, 0) is 31.5 Å². The van der Waals surface area contributed by atoms with Gasteiger partial charge in [-0.25, -0.2) is 21.6 Å². The van der Waals surface area contributed by atoms with E-state index in [1.165, 1.54) is 11.6 Å². The highest BCUT2D eigenvalue weighted by Crippen LogP contribution is 2.27. The summed E-state index contributed by atoms with van der Waals surface area (Å²) < 4.78 is 104. The van der Waals surface area contributed by atoms with E-state index in [9.17, 15) is 39.6 Å². The Balaban J connectivity index is 2.42. The van der Waals surface area contributed by atoms with Crippen molar-refractivity contribution in [3.8, 4) is 0 Å². The zero-order chi connectivity index (χ0) is 23.0. The van der Waals surface area contributed by atoms with E-state index < -0.39 is 61.9 Å². The molecule has 0 bridgehead atoms. The van der Waals surface area contributed by atoms with E-state index >= 15 is 0 Å². The number of aryl methyl sites for hydroxylation is 1. The van der Waals surface area contributed by atoms with Gasteiger partial charge in [-0.1, -0.05) is 0 Å². The van der Waals surface area contributed by atoms with E-state index in [0.717, 1.165) is 12.1 Å². The number of hydrogen-bond donors (Lipinski definition) is 3. The molecular weight excluding hydrogens is 440 g/mol. The van der Waals surface area contributed by atoms with Crippen molar-refractivity contribution >= 4 is 27.3 Å². The van der Waals surface area contributed by atoms with Gasteiger partial charge >= 0.3 is 6.18 Å². The van der Waals surface area contributed by atoms with Crippen LogP contribution < -0.4 is 15.8 Å². The van der Waals surface area contributed by atoms with Crippen molar-refractivity contribution in [2.45, 2.75) is 31.0 Å². The predicted octanol–water partition coefficient (Wildman–Crippen LogP) is 3.48. The van der Waals surface area contributed by atoms with Crippen molar-refractivity contribution in [1.29, 1.82) is 0 Å². The molecule has 0 aliphatic rings. The van der Waals surface area contributed by atoms with Crippen molar-refractivity contribution in [3.63, 3.8) is 0 Å². The van der Waals surface area contributed by atoms with Crippen LogP contribution in [0.2, 0.25) is 0 Å². The van der Waals surface area contributed by atoms with Crippen LogP contribution in [0.15, 0.2) is 29.2 Å². The van der Waals surface area contributed by atoms with Crippen LogP contribution in [-0.2, 0) is 10.0 Å². The Morgan fingerprint density at radius 3 is 2.10 bits per heavy atom.